The number of hydrogen-bond donors (Lipinski definition) is 2. The zero-order valence-corrected chi connectivity index (χ0v) is 12.5. The summed E-state index contributed by atoms with van der Waals surface area (Å²) in [5, 5.41) is 0. The Morgan fingerprint density at radius 2 is 1.95 bits per heavy atom. The van der Waals surface area contributed by atoms with E-state index in [2.05, 4.69) is 4.72 Å². The van der Waals surface area contributed by atoms with Crippen molar-refractivity contribution in [2.24, 2.45) is 0 Å². The minimum absolute atomic E-state index is 0.0143. The highest BCUT2D eigenvalue weighted by Crippen LogP contribution is 2.22. The van der Waals surface area contributed by atoms with Gasteiger partial charge in [0.15, 0.2) is 11.4 Å². The second-order valence-corrected chi connectivity index (χ2v) is 6.37. The molecule has 6 nitrogen and oxygen atoms in total. The van der Waals surface area contributed by atoms with Gasteiger partial charge in [0.1, 0.15) is 0 Å². The molecule has 0 atom stereocenters. The molecule has 0 saturated heterocycles. The van der Waals surface area contributed by atoms with Crippen LogP contribution in [-0.4, -0.2) is 21.3 Å². The van der Waals surface area contributed by atoms with E-state index in [1.807, 2.05) is 30.3 Å². The largest absolute Gasteiger partial charge is 0.494 e. The van der Waals surface area contributed by atoms with Crippen molar-refractivity contribution in [1.82, 2.24) is 0 Å². The van der Waals surface area contributed by atoms with E-state index in [-0.39, 0.29) is 5.75 Å². The number of pyridine rings is 1. The zero-order chi connectivity index (χ0) is 15.3. The maximum absolute atomic E-state index is 12.1. The summed E-state index contributed by atoms with van der Waals surface area (Å²) in [6.07, 6.45) is 3.47. The van der Waals surface area contributed by atoms with Crippen molar-refractivity contribution >= 4 is 15.7 Å². The lowest BCUT2D eigenvalue weighted by molar-refractivity contribution is -0.638. The standard InChI is InChI=1S/C14H18N3O3S/c1-20-14-7-9-17(15)11-13(14)16-21(18,19)10-8-12-5-3-2-4-6-12/h2-7,9,11,16H,8,10,15H2,1H3/q+1. The summed E-state index contributed by atoms with van der Waals surface area (Å²) in [7, 11) is -2.01. The van der Waals surface area contributed by atoms with E-state index in [1.165, 1.54) is 18.0 Å². The van der Waals surface area contributed by atoms with Gasteiger partial charge >= 0.3 is 0 Å². The van der Waals surface area contributed by atoms with E-state index < -0.39 is 10.0 Å². The summed E-state index contributed by atoms with van der Waals surface area (Å²) < 4.78 is 33.1. The van der Waals surface area contributed by atoms with Crippen LogP contribution >= 0.6 is 0 Å². The average Bonchev–Trinajstić information content (AvgIpc) is 2.46. The molecule has 0 radical (unpaired) electrons. The Morgan fingerprint density at radius 3 is 2.62 bits per heavy atom. The Labute approximate surface area is 124 Å². The number of methoxy groups -OCH3 is 1. The van der Waals surface area contributed by atoms with Crippen LogP contribution in [0.15, 0.2) is 48.8 Å². The summed E-state index contributed by atoms with van der Waals surface area (Å²) >= 11 is 0. The second-order valence-electron chi connectivity index (χ2n) is 4.53. The van der Waals surface area contributed by atoms with Crippen LogP contribution in [0.2, 0.25) is 0 Å². The monoisotopic (exact) mass is 308 g/mol. The van der Waals surface area contributed by atoms with Gasteiger partial charge in [-0.25, -0.2) is 14.3 Å². The van der Waals surface area contributed by atoms with Gasteiger partial charge in [0.05, 0.1) is 12.9 Å². The minimum Gasteiger partial charge on any atom is -0.494 e. The first kappa shape index (κ1) is 15.1. The molecule has 0 saturated carbocycles. The van der Waals surface area contributed by atoms with Gasteiger partial charge < -0.3 is 4.74 Å². The molecule has 1 aromatic carbocycles. The van der Waals surface area contributed by atoms with Crippen LogP contribution in [0, 0.1) is 0 Å². The summed E-state index contributed by atoms with van der Waals surface area (Å²) in [6, 6.07) is 11.0. The number of aromatic nitrogens is 1. The number of nitrogens with zero attached hydrogens (tertiary/aromatic N) is 1. The van der Waals surface area contributed by atoms with Crippen molar-refractivity contribution in [3.05, 3.63) is 54.4 Å². The van der Waals surface area contributed by atoms with Crippen LogP contribution in [0.5, 0.6) is 5.75 Å². The normalized spacial score (nSPS) is 11.1. The molecule has 21 heavy (non-hydrogen) atoms. The van der Waals surface area contributed by atoms with E-state index in [9.17, 15) is 8.42 Å². The molecule has 2 aromatic rings. The third-order valence-electron chi connectivity index (χ3n) is 2.93. The smallest absolute Gasteiger partial charge is 0.233 e. The first-order valence-electron chi connectivity index (χ1n) is 6.39. The average molecular weight is 308 g/mol. The number of nitrogens with two attached hydrogens (primary N) is 1. The molecule has 0 spiro atoms. The molecule has 7 heteroatoms. The first-order chi connectivity index (χ1) is 10.00. The van der Waals surface area contributed by atoms with Crippen LogP contribution in [-0.2, 0) is 16.4 Å². The molecule has 3 N–H and O–H groups in total. The number of nitrogen functional groups attached to an aromatic ring is 1. The number of anilines is 1. The lowest BCUT2D eigenvalue weighted by Crippen LogP contribution is -2.43. The van der Waals surface area contributed by atoms with Gasteiger partial charge in [0, 0.05) is 6.07 Å². The predicted molar refractivity (Wildman–Crippen MR) is 80.9 cm³/mol. The summed E-state index contributed by atoms with van der Waals surface area (Å²) in [6.45, 7) is 0. The molecule has 0 aliphatic carbocycles. The highest BCUT2D eigenvalue weighted by Gasteiger charge is 2.16. The highest BCUT2D eigenvalue weighted by atomic mass is 32.2. The highest BCUT2D eigenvalue weighted by molar-refractivity contribution is 7.92. The Balaban J connectivity index is 2.09. The molecule has 0 aliphatic heterocycles. The van der Waals surface area contributed by atoms with Gasteiger partial charge in [0.2, 0.25) is 22.4 Å². The van der Waals surface area contributed by atoms with E-state index in [1.54, 1.807) is 12.3 Å². The zero-order valence-electron chi connectivity index (χ0n) is 11.7. The number of aryl methyl sites for hydroxylation is 1. The lowest BCUT2D eigenvalue weighted by atomic mass is 10.2. The minimum atomic E-state index is -3.48. The van der Waals surface area contributed by atoms with Gasteiger partial charge in [-0.2, -0.15) is 0 Å². The van der Waals surface area contributed by atoms with Crippen molar-refractivity contribution in [3.63, 3.8) is 0 Å². The molecule has 1 heterocycles. The van der Waals surface area contributed by atoms with Crippen molar-refractivity contribution in [2.75, 3.05) is 23.4 Å². The van der Waals surface area contributed by atoms with Crippen molar-refractivity contribution < 1.29 is 17.8 Å². The van der Waals surface area contributed by atoms with Crippen LogP contribution in [0.3, 0.4) is 0 Å². The number of benzene rings is 1. The SMILES string of the molecule is COc1cc[n+](N)cc1NS(=O)(=O)CCc1ccccc1. The van der Waals surface area contributed by atoms with Crippen molar-refractivity contribution in [3.8, 4) is 5.75 Å². The van der Waals surface area contributed by atoms with E-state index in [0.29, 0.717) is 17.9 Å². The maximum Gasteiger partial charge on any atom is 0.233 e. The molecule has 0 unspecified atom stereocenters. The molecule has 0 amide bonds. The third-order valence-corrected chi connectivity index (χ3v) is 4.20. The van der Waals surface area contributed by atoms with Gasteiger partial charge in [-0.3, -0.25) is 4.72 Å². The first-order valence-corrected chi connectivity index (χ1v) is 8.04. The van der Waals surface area contributed by atoms with Gasteiger partial charge in [-0.15, -0.1) is 0 Å². The van der Waals surface area contributed by atoms with Gasteiger partial charge in [-0.05, 0) is 12.0 Å². The molecule has 0 aliphatic rings. The number of hydrogen-bond acceptors (Lipinski definition) is 4. The molecule has 1 aromatic heterocycles. The predicted octanol–water partition coefficient (Wildman–Crippen LogP) is 0.681. The fourth-order valence-electron chi connectivity index (χ4n) is 1.87. The quantitative estimate of drug-likeness (QED) is 0.607. The van der Waals surface area contributed by atoms with Crippen molar-refractivity contribution in [1.29, 1.82) is 0 Å². The topological polar surface area (TPSA) is 85.3 Å². The third kappa shape index (κ3) is 4.35. The fourth-order valence-corrected chi connectivity index (χ4v) is 2.96. The second kappa shape index (κ2) is 6.45. The lowest BCUT2D eigenvalue weighted by Gasteiger charge is -2.09. The number of nitrogens with one attached hydrogen (secondary N) is 1. The molecule has 0 fully saturated rings. The van der Waals surface area contributed by atoms with Crippen LogP contribution in [0.25, 0.3) is 0 Å². The van der Waals surface area contributed by atoms with E-state index in [4.69, 9.17) is 10.6 Å². The number of ether oxygens (including phenoxy) is 1. The molecular formula is C14H18N3O3S+. The van der Waals surface area contributed by atoms with E-state index in [0.717, 1.165) is 5.56 Å². The molecule has 0 bridgehead atoms. The van der Waals surface area contributed by atoms with Gasteiger partial charge in [0.25, 0.3) is 0 Å². The van der Waals surface area contributed by atoms with E-state index >= 15 is 0 Å². The fraction of sp³-hybridized carbons (Fsp3) is 0.214. The number of sulfonamides is 1. The maximum atomic E-state index is 12.1. The Bertz CT molecular complexity index is 703. The summed E-state index contributed by atoms with van der Waals surface area (Å²) in [5.74, 6) is 5.99. The van der Waals surface area contributed by atoms with Gasteiger partial charge in [-0.1, -0.05) is 35.0 Å². The summed E-state index contributed by atoms with van der Waals surface area (Å²) in [5.41, 5.74) is 1.28. The molecule has 112 valence electrons. The Morgan fingerprint density at radius 1 is 1.24 bits per heavy atom. The van der Waals surface area contributed by atoms with Crippen LogP contribution in [0.4, 0.5) is 5.69 Å². The Hall–Kier alpha value is -2.28. The van der Waals surface area contributed by atoms with Crippen LogP contribution < -0.4 is 20.0 Å². The van der Waals surface area contributed by atoms with Crippen LogP contribution in [0.1, 0.15) is 5.56 Å². The summed E-state index contributed by atoms with van der Waals surface area (Å²) in [4.78, 5) is 0. The van der Waals surface area contributed by atoms with Crippen molar-refractivity contribution in [2.45, 2.75) is 6.42 Å². The number of rotatable bonds is 6. The molecule has 2 rings (SSSR count). The Kier molecular flexibility index (Phi) is 4.64. The molecular weight excluding hydrogens is 290 g/mol.